The quantitative estimate of drug-likeness (QED) is 0.552. The zero-order chi connectivity index (χ0) is 23.1. The molecule has 174 valence electrons. The SMILES string of the molecule is CC(C)CC(=O)N[C@@H]1CCCC[C@H]1NC(=O)c1csc(COc2ccc(C(C)C)cc2)n1. The Labute approximate surface area is 195 Å². The van der Waals surface area contributed by atoms with Gasteiger partial charge in [-0.2, -0.15) is 0 Å². The van der Waals surface area contributed by atoms with E-state index in [0.29, 0.717) is 30.6 Å². The highest BCUT2D eigenvalue weighted by Crippen LogP contribution is 2.22. The third-order valence-electron chi connectivity index (χ3n) is 5.72. The molecule has 1 saturated carbocycles. The lowest BCUT2D eigenvalue weighted by Gasteiger charge is -2.32. The molecule has 32 heavy (non-hydrogen) atoms. The average molecular weight is 458 g/mol. The summed E-state index contributed by atoms with van der Waals surface area (Å²) in [4.78, 5) is 29.5. The summed E-state index contributed by atoms with van der Waals surface area (Å²) >= 11 is 1.42. The largest absolute Gasteiger partial charge is 0.486 e. The van der Waals surface area contributed by atoms with E-state index in [1.165, 1.54) is 16.9 Å². The summed E-state index contributed by atoms with van der Waals surface area (Å²) in [6.45, 7) is 8.71. The van der Waals surface area contributed by atoms with Gasteiger partial charge in [-0.1, -0.05) is 52.7 Å². The van der Waals surface area contributed by atoms with Crippen LogP contribution in [0.5, 0.6) is 5.75 Å². The van der Waals surface area contributed by atoms with Gasteiger partial charge in [0.1, 0.15) is 23.1 Å². The Morgan fingerprint density at radius 2 is 1.72 bits per heavy atom. The lowest BCUT2D eigenvalue weighted by Crippen LogP contribution is -2.53. The van der Waals surface area contributed by atoms with Gasteiger partial charge in [0.05, 0.1) is 0 Å². The molecule has 0 radical (unpaired) electrons. The standard InChI is InChI=1S/C25H35N3O3S/c1-16(2)13-23(29)26-20-7-5-6-8-21(20)28-25(30)22-15-32-24(27-22)14-31-19-11-9-18(10-12-19)17(3)4/h9-12,15-17,20-21H,5-8,13-14H2,1-4H3,(H,26,29)(H,28,30)/t20-,21-/m1/s1. The monoisotopic (exact) mass is 457 g/mol. The molecule has 1 aromatic heterocycles. The first-order valence-corrected chi connectivity index (χ1v) is 12.5. The van der Waals surface area contributed by atoms with Gasteiger partial charge in [0, 0.05) is 23.9 Å². The van der Waals surface area contributed by atoms with Crippen molar-refractivity contribution in [3.8, 4) is 5.75 Å². The predicted molar refractivity (Wildman–Crippen MR) is 128 cm³/mol. The van der Waals surface area contributed by atoms with Crippen LogP contribution in [0, 0.1) is 5.92 Å². The number of amides is 2. The molecule has 0 saturated heterocycles. The van der Waals surface area contributed by atoms with Crippen LogP contribution in [-0.4, -0.2) is 28.9 Å². The highest BCUT2D eigenvalue weighted by atomic mass is 32.1. The number of nitrogens with zero attached hydrogens (tertiary/aromatic N) is 1. The van der Waals surface area contributed by atoms with Gasteiger partial charge in [-0.3, -0.25) is 9.59 Å². The Morgan fingerprint density at radius 1 is 1.06 bits per heavy atom. The molecule has 3 rings (SSSR count). The summed E-state index contributed by atoms with van der Waals surface area (Å²) in [7, 11) is 0. The van der Waals surface area contributed by atoms with Crippen LogP contribution in [0.15, 0.2) is 29.6 Å². The first kappa shape index (κ1) is 24.2. The van der Waals surface area contributed by atoms with E-state index in [4.69, 9.17) is 4.74 Å². The number of thiazole rings is 1. The molecule has 6 nitrogen and oxygen atoms in total. The van der Waals surface area contributed by atoms with Crippen molar-refractivity contribution in [3.63, 3.8) is 0 Å². The normalized spacial score (nSPS) is 18.6. The lowest BCUT2D eigenvalue weighted by molar-refractivity contribution is -0.122. The minimum atomic E-state index is -0.191. The smallest absolute Gasteiger partial charge is 0.271 e. The first-order chi connectivity index (χ1) is 15.3. The summed E-state index contributed by atoms with van der Waals surface area (Å²) in [5.41, 5.74) is 1.67. The van der Waals surface area contributed by atoms with E-state index in [9.17, 15) is 9.59 Å². The number of carbonyl (C=O) groups excluding carboxylic acids is 2. The molecule has 0 bridgehead atoms. The highest BCUT2D eigenvalue weighted by molar-refractivity contribution is 7.09. The van der Waals surface area contributed by atoms with Gasteiger partial charge in [-0.05, 0) is 42.4 Å². The van der Waals surface area contributed by atoms with E-state index in [1.807, 2.05) is 26.0 Å². The van der Waals surface area contributed by atoms with E-state index in [2.05, 4.69) is 41.6 Å². The van der Waals surface area contributed by atoms with Gasteiger partial charge in [0.2, 0.25) is 5.91 Å². The second kappa shape index (κ2) is 11.5. The van der Waals surface area contributed by atoms with Crippen molar-refractivity contribution in [2.24, 2.45) is 5.92 Å². The predicted octanol–water partition coefficient (Wildman–Crippen LogP) is 5.05. The maximum absolute atomic E-state index is 12.8. The van der Waals surface area contributed by atoms with Gasteiger partial charge in [-0.25, -0.2) is 4.98 Å². The number of benzene rings is 1. The molecule has 2 aromatic rings. The molecule has 1 aromatic carbocycles. The summed E-state index contributed by atoms with van der Waals surface area (Å²) in [6, 6.07) is 7.99. The molecule has 1 heterocycles. The topological polar surface area (TPSA) is 80.3 Å². The van der Waals surface area contributed by atoms with E-state index in [-0.39, 0.29) is 23.9 Å². The number of hydrogen-bond donors (Lipinski definition) is 2. The van der Waals surface area contributed by atoms with Gasteiger partial charge in [0.25, 0.3) is 5.91 Å². The van der Waals surface area contributed by atoms with Crippen LogP contribution in [-0.2, 0) is 11.4 Å². The number of ether oxygens (including phenoxy) is 1. The number of carbonyl (C=O) groups is 2. The van der Waals surface area contributed by atoms with E-state index in [0.717, 1.165) is 36.4 Å². The minimum absolute atomic E-state index is 0.0193. The Kier molecular flexibility index (Phi) is 8.67. The molecule has 1 fully saturated rings. The zero-order valence-corrected chi connectivity index (χ0v) is 20.3. The molecule has 0 aliphatic heterocycles. The van der Waals surface area contributed by atoms with Gasteiger partial charge < -0.3 is 15.4 Å². The van der Waals surface area contributed by atoms with E-state index in [1.54, 1.807) is 5.38 Å². The molecule has 0 unspecified atom stereocenters. The Bertz CT molecular complexity index is 892. The fourth-order valence-corrected chi connectivity index (χ4v) is 4.62. The van der Waals surface area contributed by atoms with Gasteiger partial charge in [0.15, 0.2) is 0 Å². The molecule has 1 aliphatic rings. The van der Waals surface area contributed by atoms with Crippen LogP contribution in [0.4, 0.5) is 0 Å². The molecule has 2 N–H and O–H groups in total. The molecular formula is C25H35N3O3S. The molecule has 2 amide bonds. The summed E-state index contributed by atoms with van der Waals surface area (Å²) in [5, 5.41) is 8.74. The molecule has 1 aliphatic carbocycles. The number of nitrogens with one attached hydrogen (secondary N) is 2. The highest BCUT2D eigenvalue weighted by Gasteiger charge is 2.28. The minimum Gasteiger partial charge on any atom is -0.486 e. The van der Waals surface area contributed by atoms with Crippen molar-refractivity contribution >= 4 is 23.2 Å². The second-order valence-corrected chi connectivity index (χ2v) is 10.2. The fraction of sp³-hybridized carbons (Fsp3) is 0.560. The van der Waals surface area contributed by atoms with Crippen molar-refractivity contribution in [3.05, 3.63) is 45.9 Å². The maximum atomic E-state index is 12.8. The molecule has 0 spiro atoms. The van der Waals surface area contributed by atoms with Crippen molar-refractivity contribution in [1.29, 1.82) is 0 Å². The number of hydrogen-bond acceptors (Lipinski definition) is 5. The van der Waals surface area contributed by atoms with E-state index >= 15 is 0 Å². The molecule has 2 atom stereocenters. The second-order valence-electron chi connectivity index (χ2n) is 9.28. The molecular weight excluding hydrogens is 422 g/mol. The van der Waals surface area contributed by atoms with Crippen molar-refractivity contribution in [1.82, 2.24) is 15.6 Å². The van der Waals surface area contributed by atoms with Crippen LogP contribution in [0.2, 0.25) is 0 Å². The van der Waals surface area contributed by atoms with Crippen LogP contribution in [0.1, 0.15) is 86.8 Å². The number of rotatable bonds is 9. The van der Waals surface area contributed by atoms with E-state index < -0.39 is 0 Å². The van der Waals surface area contributed by atoms with Crippen LogP contribution >= 0.6 is 11.3 Å². The number of aromatic nitrogens is 1. The first-order valence-electron chi connectivity index (χ1n) is 11.6. The van der Waals surface area contributed by atoms with Gasteiger partial charge in [-0.15, -0.1) is 11.3 Å². The van der Waals surface area contributed by atoms with Crippen LogP contribution in [0.25, 0.3) is 0 Å². The summed E-state index contributed by atoms with van der Waals surface area (Å²) < 4.78 is 5.83. The van der Waals surface area contributed by atoms with Crippen molar-refractivity contribution < 1.29 is 14.3 Å². The fourth-order valence-electron chi connectivity index (χ4n) is 3.93. The molecule has 7 heteroatoms. The van der Waals surface area contributed by atoms with Crippen molar-refractivity contribution in [2.45, 2.75) is 84.4 Å². The zero-order valence-electron chi connectivity index (χ0n) is 19.5. The maximum Gasteiger partial charge on any atom is 0.271 e. The van der Waals surface area contributed by atoms with Crippen LogP contribution in [0.3, 0.4) is 0 Å². The third kappa shape index (κ3) is 7.05. The lowest BCUT2D eigenvalue weighted by atomic mass is 9.90. The van der Waals surface area contributed by atoms with Crippen LogP contribution < -0.4 is 15.4 Å². The summed E-state index contributed by atoms with van der Waals surface area (Å²) in [6.07, 6.45) is 4.38. The average Bonchev–Trinajstić information content (AvgIpc) is 3.22. The Balaban J connectivity index is 1.53. The Morgan fingerprint density at radius 3 is 2.34 bits per heavy atom. The third-order valence-corrected chi connectivity index (χ3v) is 6.54. The van der Waals surface area contributed by atoms with Crippen molar-refractivity contribution in [2.75, 3.05) is 0 Å². The Hall–Kier alpha value is -2.41. The van der Waals surface area contributed by atoms with Gasteiger partial charge >= 0.3 is 0 Å². The summed E-state index contributed by atoms with van der Waals surface area (Å²) in [5.74, 6) is 1.45.